The summed E-state index contributed by atoms with van der Waals surface area (Å²) in [6.07, 6.45) is 8.23. The van der Waals surface area contributed by atoms with E-state index in [2.05, 4.69) is 46.9 Å². The van der Waals surface area contributed by atoms with Crippen LogP contribution in [-0.2, 0) is 0 Å². The Morgan fingerprint density at radius 3 is 2.18 bits per heavy atom. The molecular weight excluding hydrogens is 206 g/mol. The molecular formula is C16H33N. The molecule has 17 heavy (non-hydrogen) atoms. The van der Waals surface area contributed by atoms with Crippen LogP contribution >= 0.6 is 0 Å². The van der Waals surface area contributed by atoms with Gasteiger partial charge in [-0.15, -0.1) is 0 Å². The minimum absolute atomic E-state index is 0.274. The third-order valence-corrected chi connectivity index (χ3v) is 3.82. The first-order valence-corrected chi connectivity index (χ1v) is 7.46. The van der Waals surface area contributed by atoms with Gasteiger partial charge in [0, 0.05) is 11.6 Å². The van der Waals surface area contributed by atoms with Crippen molar-refractivity contribution in [2.75, 3.05) is 0 Å². The Morgan fingerprint density at radius 1 is 0.941 bits per heavy atom. The third kappa shape index (κ3) is 6.45. The lowest BCUT2D eigenvalue weighted by molar-refractivity contribution is 0.215. The molecule has 0 aromatic rings. The van der Waals surface area contributed by atoms with Gasteiger partial charge >= 0.3 is 0 Å². The van der Waals surface area contributed by atoms with Gasteiger partial charge in [-0.1, -0.05) is 40.5 Å². The van der Waals surface area contributed by atoms with Crippen LogP contribution in [-0.4, -0.2) is 11.6 Å². The second-order valence-electron chi connectivity index (χ2n) is 8.08. The Morgan fingerprint density at radius 2 is 1.59 bits per heavy atom. The van der Waals surface area contributed by atoms with Gasteiger partial charge in [0.25, 0.3) is 0 Å². The molecule has 0 aromatic heterocycles. The first-order valence-electron chi connectivity index (χ1n) is 7.46. The van der Waals surface area contributed by atoms with E-state index >= 15 is 0 Å². The highest BCUT2D eigenvalue weighted by Crippen LogP contribution is 2.29. The van der Waals surface area contributed by atoms with Crippen molar-refractivity contribution in [1.29, 1.82) is 0 Å². The summed E-state index contributed by atoms with van der Waals surface area (Å²) < 4.78 is 0. The highest BCUT2D eigenvalue weighted by molar-refractivity contribution is 4.87. The van der Waals surface area contributed by atoms with Crippen molar-refractivity contribution in [3.8, 4) is 0 Å². The quantitative estimate of drug-likeness (QED) is 0.700. The van der Waals surface area contributed by atoms with Crippen molar-refractivity contribution in [2.24, 2.45) is 11.3 Å². The molecule has 0 aromatic carbocycles. The van der Waals surface area contributed by atoms with Gasteiger partial charge in [-0.25, -0.2) is 0 Å². The second kappa shape index (κ2) is 5.73. The van der Waals surface area contributed by atoms with Crippen LogP contribution in [0.2, 0.25) is 0 Å². The molecule has 1 N–H and O–H groups in total. The maximum Gasteiger partial charge on any atom is 0.0132 e. The van der Waals surface area contributed by atoms with E-state index in [-0.39, 0.29) is 5.54 Å². The molecule has 1 rings (SSSR count). The Balaban J connectivity index is 2.46. The fraction of sp³-hybridized carbons (Fsp3) is 1.00. The van der Waals surface area contributed by atoms with Gasteiger partial charge in [0.05, 0.1) is 0 Å². The van der Waals surface area contributed by atoms with Gasteiger partial charge in [0.1, 0.15) is 0 Å². The van der Waals surface area contributed by atoms with Crippen LogP contribution in [0.1, 0.15) is 80.1 Å². The van der Waals surface area contributed by atoms with Crippen LogP contribution in [0.15, 0.2) is 0 Å². The predicted octanol–water partition coefficient (Wildman–Crippen LogP) is 4.76. The van der Waals surface area contributed by atoms with E-state index in [4.69, 9.17) is 0 Å². The SMILES string of the molecule is CC1CCCC(NC(C)(C)CC(C)(C)C)CC1. The molecule has 0 aliphatic heterocycles. The number of rotatable bonds is 3. The van der Waals surface area contributed by atoms with Crippen molar-refractivity contribution in [3.05, 3.63) is 0 Å². The molecule has 0 spiro atoms. The molecule has 1 saturated carbocycles. The molecule has 0 amide bonds. The van der Waals surface area contributed by atoms with Crippen molar-refractivity contribution < 1.29 is 0 Å². The van der Waals surface area contributed by atoms with Gasteiger partial charge < -0.3 is 5.32 Å². The maximum absolute atomic E-state index is 3.91. The molecule has 0 saturated heterocycles. The van der Waals surface area contributed by atoms with Crippen LogP contribution in [0.3, 0.4) is 0 Å². The largest absolute Gasteiger partial charge is 0.309 e. The monoisotopic (exact) mass is 239 g/mol. The van der Waals surface area contributed by atoms with Gasteiger partial charge in [-0.3, -0.25) is 0 Å². The first kappa shape index (κ1) is 15.0. The van der Waals surface area contributed by atoms with E-state index in [0.717, 1.165) is 12.0 Å². The number of nitrogens with one attached hydrogen (secondary N) is 1. The Bertz CT molecular complexity index is 224. The highest BCUT2D eigenvalue weighted by atomic mass is 15.0. The zero-order valence-electron chi connectivity index (χ0n) is 12.9. The zero-order chi connectivity index (χ0) is 13.1. The molecule has 0 bridgehead atoms. The molecule has 1 aliphatic rings. The lowest BCUT2D eigenvalue weighted by Gasteiger charge is -2.36. The molecule has 1 fully saturated rings. The lowest BCUT2D eigenvalue weighted by Crippen LogP contribution is -2.47. The van der Waals surface area contributed by atoms with E-state index < -0.39 is 0 Å². The summed E-state index contributed by atoms with van der Waals surface area (Å²) in [6, 6.07) is 0.747. The molecule has 0 heterocycles. The minimum Gasteiger partial charge on any atom is -0.309 e. The van der Waals surface area contributed by atoms with E-state index in [0.29, 0.717) is 5.41 Å². The molecule has 2 unspecified atom stereocenters. The summed E-state index contributed by atoms with van der Waals surface area (Å²) in [5, 5.41) is 3.91. The van der Waals surface area contributed by atoms with E-state index in [1.807, 2.05) is 0 Å². The van der Waals surface area contributed by atoms with Crippen LogP contribution in [0.25, 0.3) is 0 Å². The van der Waals surface area contributed by atoms with Crippen LogP contribution < -0.4 is 5.32 Å². The van der Waals surface area contributed by atoms with Crippen molar-refractivity contribution >= 4 is 0 Å². The van der Waals surface area contributed by atoms with Crippen molar-refractivity contribution in [3.63, 3.8) is 0 Å². The normalized spacial score (nSPS) is 27.9. The Labute approximate surface area is 109 Å². The highest BCUT2D eigenvalue weighted by Gasteiger charge is 2.28. The van der Waals surface area contributed by atoms with Crippen LogP contribution in [0.4, 0.5) is 0 Å². The molecule has 1 aliphatic carbocycles. The minimum atomic E-state index is 0.274. The van der Waals surface area contributed by atoms with Crippen LogP contribution in [0.5, 0.6) is 0 Å². The standard InChI is InChI=1S/C16H33N/c1-13-8-7-9-14(11-10-13)17-16(5,6)12-15(2,3)4/h13-14,17H,7-12H2,1-6H3. The second-order valence-corrected chi connectivity index (χ2v) is 8.08. The Kier molecular flexibility index (Phi) is 5.07. The van der Waals surface area contributed by atoms with E-state index in [1.165, 1.54) is 38.5 Å². The summed E-state index contributed by atoms with van der Waals surface area (Å²) >= 11 is 0. The predicted molar refractivity (Wildman–Crippen MR) is 77.3 cm³/mol. The third-order valence-electron chi connectivity index (χ3n) is 3.82. The van der Waals surface area contributed by atoms with Gasteiger partial charge in [-0.05, 0) is 50.9 Å². The molecule has 1 nitrogen and oxygen atoms in total. The number of hydrogen-bond donors (Lipinski definition) is 1. The molecule has 2 atom stereocenters. The smallest absolute Gasteiger partial charge is 0.0132 e. The fourth-order valence-corrected chi connectivity index (χ4v) is 3.56. The lowest BCUT2D eigenvalue weighted by atomic mass is 9.81. The Hall–Kier alpha value is -0.0400. The van der Waals surface area contributed by atoms with Crippen molar-refractivity contribution in [1.82, 2.24) is 5.32 Å². The fourth-order valence-electron chi connectivity index (χ4n) is 3.56. The van der Waals surface area contributed by atoms with Crippen LogP contribution in [0, 0.1) is 11.3 Å². The van der Waals surface area contributed by atoms with Gasteiger partial charge in [0.15, 0.2) is 0 Å². The summed E-state index contributed by atoms with van der Waals surface area (Å²) in [6.45, 7) is 14.2. The number of hydrogen-bond acceptors (Lipinski definition) is 1. The van der Waals surface area contributed by atoms with E-state index in [9.17, 15) is 0 Å². The molecule has 1 heteroatoms. The average Bonchev–Trinajstić information content (AvgIpc) is 2.26. The summed E-state index contributed by atoms with van der Waals surface area (Å²) in [4.78, 5) is 0. The topological polar surface area (TPSA) is 12.0 Å². The zero-order valence-corrected chi connectivity index (χ0v) is 12.9. The van der Waals surface area contributed by atoms with E-state index in [1.54, 1.807) is 0 Å². The van der Waals surface area contributed by atoms with Gasteiger partial charge in [-0.2, -0.15) is 0 Å². The summed E-state index contributed by atoms with van der Waals surface area (Å²) in [7, 11) is 0. The maximum atomic E-state index is 3.91. The molecule has 0 radical (unpaired) electrons. The first-order chi connectivity index (χ1) is 7.68. The van der Waals surface area contributed by atoms with Gasteiger partial charge in [0.2, 0.25) is 0 Å². The van der Waals surface area contributed by atoms with Crippen molar-refractivity contribution in [2.45, 2.75) is 91.6 Å². The molecule has 102 valence electrons. The average molecular weight is 239 g/mol. The summed E-state index contributed by atoms with van der Waals surface area (Å²) in [5.74, 6) is 0.938. The summed E-state index contributed by atoms with van der Waals surface area (Å²) in [5.41, 5.74) is 0.686.